The molecular formula is C38H31BrN4O4. The number of halogens is 1. The Kier molecular flexibility index (Phi) is 19.6. The third kappa shape index (κ3) is 17.3. The first kappa shape index (κ1) is 39.2. The summed E-state index contributed by atoms with van der Waals surface area (Å²) in [6.45, 7) is 1.36. The zero-order valence-electron chi connectivity index (χ0n) is 25.6. The van der Waals surface area contributed by atoms with Crippen molar-refractivity contribution in [1.82, 2.24) is 0 Å². The van der Waals surface area contributed by atoms with Crippen LogP contribution in [0.2, 0.25) is 0 Å². The van der Waals surface area contributed by atoms with E-state index in [2.05, 4.69) is 33.8 Å². The van der Waals surface area contributed by atoms with Crippen LogP contribution in [0.15, 0.2) is 107 Å². The van der Waals surface area contributed by atoms with Gasteiger partial charge in [-0.25, -0.2) is 0 Å². The summed E-state index contributed by atoms with van der Waals surface area (Å²) in [7, 11) is 0. The average Bonchev–Trinajstić information content (AvgIpc) is 3.12. The van der Waals surface area contributed by atoms with Crippen molar-refractivity contribution in [2.45, 2.75) is 13.3 Å². The lowest BCUT2D eigenvalue weighted by atomic mass is 10.1. The molecule has 4 aromatic carbocycles. The zero-order chi connectivity index (χ0) is 34.9. The van der Waals surface area contributed by atoms with Crippen molar-refractivity contribution in [3.63, 3.8) is 0 Å². The first-order valence-electron chi connectivity index (χ1n) is 13.9. The monoisotopic (exact) mass is 686 g/mol. The van der Waals surface area contributed by atoms with Crippen LogP contribution in [0.4, 0.5) is 0 Å². The summed E-state index contributed by atoms with van der Waals surface area (Å²) in [6.07, 6.45) is 2.11. The van der Waals surface area contributed by atoms with Crippen molar-refractivity contribution in [1.29, 1.82) is 21.0 Å². The molecule has 0 saturated heterocycles. The molecule has 0 aliphatic rings. The Morgan fingerprint density at radius 3 is 1.45 bits per heavy atom. The maximum absolute atomic E-state index is 10.8. The number of hydrogen-bond acceptors (Lipinski definition) is 8. The number of aliphatic hydroxyl groups excluding tert-OH is 3. The Morgan fingerprint density at radius 1 is 0.638 bits per heavy atom. The predicted octanol–water partition coefficient (Wildman–Crippen LogP) is 5.84. The van der Waals surface area contributed by atoms with Crippen molar-refractivity contribution >= 4 is 27.8 Å². The highest BCUT2D eigenvalue weighted by Crippen LogP contribution is 2.09. The summed E-state index contributed by atoms with van der Waals surface area (Å²) >= 11 is 3.27. The van der Waals surface area contributed by atoms with E-state index < -0.39 is 6.61 Å². The molecule has 0 radical (unpaired) electrons. The lowest BCUT2D eigenvalue weighted by Gasteiger charge is -1.97. The normalized spacial score (nSPS) is 9.26. The Bertz CT molecular complexity index is 1810. The van der Waals surface area contributed by atoms with Gasteiger partial charge in [0.15, 0.2) is 5.78 Å². The van der Waals surface area contributed by atoms with Gasteiger partial charge in [0.1, 0.15) is 13.2 Å². The van der Waals surface area contributed by atoms with Crippen molar-refractivity contribution in [2.24, 2.45) is 0 Å². The topological polar surface area (TPSA) is 173 Å². The second kappa shape index (κ2) is 23.5. The molecule has 0 saturated carbocycles. The molecule has 47 heavy (non-hydrogen) atoms. The van der Waals surface area contributed by atoms with Crippen molar-refractivity contribution in [3.8, 4) is 36.1 Å². The fraction of sp³-hybridized carbons (Fsp3) is 0.132. The fourth-order valence-electron chi connectivity index (χ4n) is 3.26. The largest absolute Gasteiger partial charge is 0.392 e. The number of ketones is 1. The number of nitrogens with zero attached hydrogens (tertiary/aromatic N) is 4. The Morgan fingerprint density at radius 2 is 1.04 bits per heavy atom. The number of nitriles is 4. The van der Waals surface area contributed by atoms with Crippen molar-refractivity contribution in [3.05, 3.63) is 146 Å². The van der Waals surface area contributed by atoms with E-state index in [0.29, 0.717) is 22.3 Å². The molecule has 0 heterocycles. The van der Waals surface area contributed by atoms with Gasteiger partial charge < -0.3 is 15.3 Å². The van der Waals surface area contributed by atoms with Crippen LogP contribution in [0.1, 0.15) is 45.9 Å². The Hall–Kier alpha value is -5.83. The van der Waals surface area contributed by atoms with Gasteiger partial charge in [0, 0.05) is 16.5 Å². The standard InChI is InChI=1S/C11H11NO.C10H9NO2.C10H7NO.C7H4BrN/c1-9(8-13)6-10-2-4-11(7-12)5-3-10;11-6-9-3-1-8(2-4-9)5-10(13)7-12;11-8-10-5-3-9(4-6-10)2-1-7-12;8-7-3-1-6(5-9)2-4-7/h2-6,13H,8H2,1H3;1-4,12H,5,7H2;3-6,12H,7H2;1-4H/b9-6+;;;. The lowest BCUT2D eigenvalue weighted by molar-refractivity contribution is -0.121. The minimum Gasteiger partial charge on any atom is -0.392 e. The van der Waals surface area contributed by atoms with Gasteiger partial charge in [0.25, 0.3) is 0 Å². The number of benzene rings is 4. The zero-order valence-corrected chi connectivity index (χ0v) is 27.1. The van der Waals surface area contributed by atoms with Crippen molar-refractivity contribution < 1.29 is 20.1 Å². The number of rotatable bonds is 5. The van der Waals surface area contributed by atoms with Crippen LogP contribution < -0.4 is 0 Å². The van der Waals surface area contributed by atoms with E-state index in [1.54, 1.807) is 72.8 Å². The second-order valence-corrected chi connectivity index (χ2v) is 10.2. The number of Topliss-reactive ketones (excluding diaryl/α,β-unsaturated/α-hetero) is 1. The van der Waals surface area contributed by atoms with Gasteiger partial charge in [-0.3, -0.25) is 4.79 Å². The van der Waals surface area contributed by atoms with Gasteiger partial charge in [-0.05, 0) is 96.4 Å². The highest BCUT2D eigenvalue weighted by Gasteiger charge is 2.01. The molecule has 0 atom stereocenters. The van der Waals surface area contributed by atoms with Crippen LogP contribution in [0.5, 0.6) is 0 Å². The van der Waals surface area contributed by atoms with E-state index in [1.165, 1.54) is 0 Å². The molecule has 0 amide bonds. The molecule has 0 aliphatic carbocycles. The van der Waals surface area contributed by atoms with E-state index in [4.69, 9.17) is 36.4 Å². The summed E-state index contributed by atoms with van der Waals surface area (Å²) < 4.78 is 1.00. The van der Waals surface area contributed by atoms with Gasteiger partial charge in [-0.15, -0.1) is 0 Å². The SMILES string of the molecule is C/C(=C\c1ccc(C#N)cc1)CO.N#Cc1ccc(Br)cc1.N#Cc1ccc(C#CCO)cc1.N#Cc1ccc(CC(=O)CO)cc1. The molecular weight excluding hydrogens is 656 g/mol. The van der Waals surface area contributed by atoms with Gasteiger partial charge in [0.2, 0.25) is 0 Å². The molecule has 4 aromatic rings. The molecule has 0 unspecified atom stereocenters. The quantitative estimate of drug-likeness (QED) is 0.220. The van der Waals surface area contributed by atoms with Crippen LogP contribution in [0.25, 0.3) is 6.08 Å². The summed E-state index contributed by atoms with van der Waals surface area (Å²) in [5.41, 5.74) is 6.07. The molecule has 3 N–H and O–H groups in total. The van der Waals surface area contributed by atoms with Gasteiger partial charge in [-0.2, -0.15) is 21.0 Å². The molecule has 0 fully saturated rings. The molecule has 8 nitrogen and oxygen atoms in total. The smallest absolute Gasteiger partial charge is 0.162 e. The molecule has 234 valence electrons. The maximum Gasteiger partial charge on any atom is 0.162 e. The van der Waals surface area contributed by atoms with E-state index in [0.717, 1.165) is 26.7 Å². The minimum atomic E-state index is -0.431. The second-order valence-electron chi connectivity index (χ2n) is 9.33. The summed E-state index contributed by atoms with van der Waals surface area (Å²) in [6, 6.07) is 36.2. The fourth-order valence-corrected chi connectivity index (χ4v) is 3.52. The van der Waals surface area contributed by atoms with Gasteiger partial charge in [-0.1, -0.05) is 58.1 Å². The first-order chi connectivity index (χ1) is 22.7. The number of hydrogen-bond donors (Lipinski definition) is 3. The third-order valence-corrected chi connectivity index (χ3v) is 6.19. The average molecular weight is 688 g/mol. The number of carbonyl (C=O) groups excluding carboxylic acids is 1. The van der Waals surface area contributed by atoms with Crippen LogP contribution in [0.3, 0.4) is 0 Å². The molecule has 9 heteroatoms. The van der Waals surface area contributed by atoms with Crippen LogP contribution in [-0.4, -0.2) is 40.9 Å². The molecule has 4 rings (SSSR count). The predicted molar refractivity (Wildman–Crippen MR) is 183 cm³/mol. The van der Waals surface area contributed by atoms with E-state index >= 15 is 0 Å². The summed E-state index contributed by atoms with van der Waals surface area (Å²) in [5, 5.41) is 59.6. The highest BCUT2D eigenvalue weighted by atomic mass is 79.9. The Labute approximate surface area is 283 Å². The highest BCUT2D eigenvalue weighted by molar-refractivity contribution is 9.10. The van der Waals surface area contributed by atoms with E-state index in [-0.39, 0.29) is 25.4 Å². The molecule has 0 bridgehead atoms. The maximum atomic E-state index is 10.8. The molecule has 0 aliphatic heterocycles. The van der Waals surface area contributed by atoms with E-state index in [9.17, 15) is 4.79 Å². The van der Waals surface area contributed by atoms with Crippen molar-refractivity contribution in [2.75, 3.05) is 19.8 Å². The number of aliphatic hydroxyl groups is 3. The molecule has 0 aromatic heterocycles. The summed E-state index contributed by atoms with van der Waals surface area (Å²) in [5.74, 6) is 5.04. The number of carbonyl (C=O) groups is 1. The molecule has 0 spiro atoms. The first-order valence-corrected chi connectivity index (χ1v) is 14.7. The summed E-state index contributed by atoms with van der Waals surface area (Å²) in [4.78, 5) is 10.8. The Balaban J connectivity index is 0.000000316. The third-order valence-electron chi connectivity index (χ3n) is 5.66. The van der Waals surface area contributed by atoms with Crippen LogP contribution in [0, 0.1) is 57.2 Å². The van der Waals surface area contributed by atoms with Crippen LogP contribution in [-0.2, 0) is 11.2 Å². The minimum absolute atomic E-state index is 0.0694. The van der Waals surface area contributed by atoms with Gasteiger partial charge in [0.05, 0.1) is 53.1 Å². The lowest BCUT2D eigenvalue weighted by Crippen LogP contribution is -2.06. The van der Waals surface area contributed by atoms with Crippen LogP contribution >= 0.6 is 15.9 Å². The van der Waals surface area contributed by atoms with Gasteiger partial charge >= 0.3 is 0 Å². The van der Waals surface area contributed by atoms with E-state index in [1.807, 2.05) is 55.5 Å².